The number of sulfone groups is 1. The molecular weight excluding hydrogens is 420 g/mol. The van der Waals surface area contributed by atoms with Crippen LogP contribution in [0.1, 0.15) is 17.2 Å². The topological polar surface area (TPSA) is 90.5 Å². The zero-order valence-corrected chi connectivity index (χ0v) is 14.2. The van der Waals surface area contributed by atoms with Crippen LogP contribution in [-0.4, -0.2) is 25.0 Å². The highest BCUT2D eigenvalue weighted by Gasteiger charge is 2.55. The number of rotatable bonds is 3. The van der Waals surface area contributed by atoms with E-state index in [0.717, 1.165) is 0 Å². The Morgan fingerprint density at radius 2 is 1.89 bits per heavy atom. The van der Waals surface area contributed by atoms with Gasteiger partial charge in [-0.25, -0.2) is 21.6 Å². The molecule has 1 atom stereocenters. The molecule has 0 amide bonds. The Morgan fingerprint density at radius 3 is 2.46 bits per heavy atom. The van der Waals surface area contributed by atoms with Gasteiger partial charge in [0.05, 0.1) is 4.90 Å². The first-order chi connectivity index (χ1) is 12.7. The van der Waals surface area contributed by atoms with E-state index in [9.17, 15) is 45.1 Å². The van der Waals surface area contributed by atoms with Gasteiger partial charge in [0.2, 0.25) is 12.4 Å². The summed E-state index contributed by atoms with van der Waals surface area (Å²) in [5.41, 5.74) is -7.66. The van der Waals surface area contributed by atoms with Crippen LogP contribution in [0.15, 0.2) is 35.5 Å². The zero-order chi connectivity index (χ0) is 21.1. The second kappa shape index (κ2) is 6.24. The molecule has 13 heteroatoms. The third-order valence-corrected chi connectivity index (χ3v) is 5.51. The van der Waals surface area contributed by atoms with E-state index in [4.69, 9.17) is 4.74 Å². The number of aliphatic hydroxyl groups excluding tert-OH is 1. The molecule has 1 aliphatic carbocycles. The number of nitrogens with zero attached hydrogens (tertiary/aromatic N) is 1. The maximum absolute atomic E-state index is 13.9. The smallest absolute Gasteiger partial charge is 0.501 e. The number of aliphatic hydroxyl groups is 1. The van der Waals surface area contributed by atoms with Gasteiger partial charge in [-0.1, -0.05) is 0 Å². The second-order valence-corrected chi connectivity index (χ2v) is 7.80. The molecule has 0 fully saturated rings. The predicted octanol–water partition coefficient (Wildman–Crippen LogP) is 2.77. The average molecular weight is 429 g/mol. The van der Waals surface area contributed by atoms with E-state index in [1.54, 1.807) is 0 Å². The van der Waals surface area contributed by atoms with Gasteiger partial charge in [0, 0.05) is 23.6 Å². The molecule has 1 N–H and O–H groups in total. The van der Waals surface area contributed by atoms with Crippen molar-refractivity contribution < 1.29 is 49.3 Å². The minimum absolute atomic E-state index is 0.00315. The molecule has 0 saturated carbocycles. The number of benzene rings is 1. The number of pyridine rings is 1. The lowest BCUT2D eigenvalue weighted by Gasteiger charge is -2.17. The summed E-state index contributed by atoms with van der Waals surface area (Å²) in [4.78, 5) is -1.54. The minimum Gasteiger partial charge on any atom is -0.619 e. The van der Waals surface area contributed by atoms with Crippen LogP contribution in [0.5, 0.6) is 11.5 Å². The van der Waals surface area contributed by atoms with Gasteiger partial charge in [0.25, 0.3) is 15.8 Å². The lowest BCUT2D eigenvalue weighted by atomic mass is 10.1. The fourth-order valence-electron chi connectivity index (χ4n) is 2.78. The molecule has 2 aromatic rings. The Kier molecular flexibility index (Phi) is 4.50. The van der Waals surface area contributed by atoms with Gasteiger partial charge in [0.15, 0.2) is 11.6 Å². The van der Waals surface area contributed by atoms with Gasteiger partial charge in [-0.05, 0) is 12.1 Å². The Bertz CT molecular complexity index is 1030. The molecule has 1 aromatic heterocycles. The summed E-state index contributed by atoms with van der Waals surface area (Å²) in [7, 11) is -6.05. The zero-order valence-electron chi connectivity index (χ0n) is 13.4. The van der Waals surface area contributed by atoms with Gasteiger partial charge in [-0.2, -0.15) is 17.9 Å². The van der Waals surface area contributed by atoms with Crippen LogP contribution in [0.3, 0.4) is 0 Å². The number of aromatic nitrogens is 1. The first-order valence-corrected chi connectivity index (χ1v) is 8.82. The summed E-state index contributed by atoms with van der Waals surface area (Å²) in [5, 5.41) is 21.0. The number of hydrogen-bond acceptors (Lipinski definition) is 5. The van der Waals surface area contributed by atoms with E-state index in [1.165, 1.54) is 0 Å². The maximum atomic E-state index is 13.9. The normalized spacial score (nSPS) is 18.8. The summed E-state index contributed by atoms with van der Waals surface area (Å²) in [5.74, 6) is -6.06. The van der Waals surface area contributed by atoms with Gasteiger partial charge < -0.3 is 15.1 Å². The van der Waals surface area contributed by atoms with Crippen molar-refractivity contribution in [3.8, 4) is 11.5 Å². The molecule has 0 aliphatic heterocycles. The van der Waals surface area contributed by atoms with Crippen molar-refractivity contribution in [2.75, 3.05) is 0 Å². The van der Waals surface area contributed by atoms with Crippen molar-refractivity contribution in [3.05, 3.63) is 52.7 Å². The van der Waals surface area contributed by atoms with Crippen LogP contribution in [0.25, 0.3) is 0 Å². The number of hydrogen-bond donors (Lipinski definition) is 1. The minimum atomic E-state index is -6.05. The molecular formula is C15H9F6NO5S. The van der Waals surface area contributed by atoms with E-state index in [0.29, 0.717) is 30.6 Å². The van der Waals surface area contributed by atoms with Crippen molar-refractivity contribution >= 4 is 9.84 Å². The highest BCUT2D eigenvalue weighted by molar-refractivity contribution is 7.92. The summed E-state index contributed by atoms with van der Waals surface area (Å²) < 4.78 is 108. The first-order valence-electron chi connectivity index (χ1n) is 7.34. The molecule has 28 heavy (non-hydrogen) atoms. The first kappa shape index (κ1) is 20.2. The molecule has 0 saturated heterocycles. The number of fused-ring (bicyclic) bond motifs is 1. The standard InChI is InChI=1S/C15H9F6NO5S/c16-7-3-8(6-22(24)5-7)27-10-1-2-11(28(25,26)15(19,20)21)12-9(10)4-14(17,18)13(12)23/h1-3,5-6,13,23H,4H2. The molecule has 0 spiro atoms. The molecule has 1 unspecified atom stereocenters. The van der Waals surface area contributed by atoms with Gasteiger partial charge in [-0.3, -0.25) is 0 Å². The van der Waals surface area contributed by atoms with Crippen LogP contribution in [0, 0.1) is 11.0 Å². The van der Waals surface area contributed by atoms with Crippen LogP contribution in [-0.2, 0) is 16.3 Å². The van der Waals surface area contributed by atoms with Crippen molar-refractivity contribution in [2.24, 2.45) is 0 Å². The van der Waals surface area contributed by atoms with Gasteiger partial charge in [0.1, 0.15) is 11.9 Å². The molecule has 0 bridgehead atoms. The third-order valence-electron chi connectivity index (χ3n) is 3.97. The summed E-state index contributed by atoms with van der Waals surface area (Å²) in [6.07, 6.45) is -2.93. The van der Waals surface area contributed by atoms with E-state index < -0.39 is 67.1 Å². The Balaban J connectivity index is 2.19. The van der Waals surface area contributed by atoms with Crippen molar-refractivity contribution in [3.63, 3.8) is 0 Å². The highest BCUT2D eigenvalue weighted by Crippen LogP contribution is 2.51. The molecule has 1 aliphatic rings. The van der Waals surface area contributed by atoms with Crippen LogP contribution < -0.4 is 9.47 Å². The molecule has 3 rings (SSSR count). The molecule has 1 heterocycles. The van der Waals surface area contributed by atoms with Gasteiger partial charge >= 0.3 is 5.51 Å². The Morgan fingerprint density at radius 1 is 1.25 bits per heavy atom. The van der Waals surface area contributed by atoms with E-state index in [2.05, 4.69) is 0 Å². The lowest BCUT2D eigenvalue weighted by molar-refractivity contribution is -0.607. The van der Waals surface area contributed by atoms with E-state index >= 15 is 0 Å². The number of halogens is 6. The lowest BCUT2D eigenvalue weighted by Crippen LogP contribution is -2.26. The number of ether oxygens (including phenoxy) is 1. The van der Waals surface area contributed by atoms with Gasteiger partial charge in [-0.15, -0.1) is 0 Å². The molecule has 0 radical (unpaired) electrons. The monoisotopic (exact) mass is 429 g/mol. The summed E-state index contributed by atoms with van der Waals surface area (Å²) in [6, 6.07) is 1.71. The third kappa shape index (κ3) is 3.24. The van der Waals surface area contributed by atoms with Crippen LogP contribution in [0.4, 0.5) is 26.3 Å². The number of alkyl halides is 5. The molecule has 6 nitrogen and oxygen atoms in total. The molecule has 152 valence electrons. The quantitative estimate of drug-likeness (QED) is 0.461. The van der Waals surface area contributed by atoms with Crippen LogP contribution in [0.2, 0.25) is 0 Å². The largest absolute Gasteiger partial charge is 0.619 e. The van der Waals surface area contributed by atoms with E-state index in [-0.39, 0.29) is 4.73 Å². The van der Waals surface area contributed by atoms with Crippen molar-refractivity contribution in [2.45, 2.75) is 28.9 Å². The average Bonchev–Trinajstić information content (AvgIpc) is 2.76. The van der Waals surface area contributed by atoms with E-state index in [1.807, 2.05) is 0 Å². The van der Waals surface area contributed by atoms with Crippen molar-refractivity contribution in [1.29, 1.82) is 0 Å². The fourth-order valence-corrected chi connectivity index (χ4v) is 3.80. The summed E-state index contributed by atoms with van der Waals surface area (Å²) in [6.45, 7) is 0. The maximum Gasteiger partial charge on any atom is 0.501 e. The Hall–Kier alpha value is -2.54. The highest BCUT2D eigenvalue weighted by atomic mass is 32.2. The van der Waals surface area contributed by atoms with Crippen molar-refractivity contribution in [1.82, 2.24) is 0 Å². The second-order valence-electron chi connectivity index (χ2n) is 5.90. The fraction of sp³-hybridized carbons (Fsp3) is 0.267. The SMILES string of the molecule is O=S(=O)(c1ccc(Oc2cc(F)c[n+]([O-])c2)c2c1C(O)C(F)(F)C2)C(F)(F)F. The summed E-state index contributed by atoms with van der Waals surface area (Å²) >= 11 is 0. The predicted molar refractivity (Wildman–Crippen MR) is 78.7 cm³/mol. The Labute approximate surface area is 153 Å². The van der Waals surface area contributed by atoms with Crippen LogP contribution >= 0.6 is 0 Å². The molecule has 1 aromatic carbocycles.